The van der Waals surface area contributed by atoms with E-state index < -0.39 is 15.8 Å². The molecule has 0 N–H and O–H groups in total. The number of hydrogen-bond acceptors (Lipinski definition) is 2. The van der Waals surface area contributed by atoms with Crippen LogP contribution >= 0.6 is 0 Å². The predicted molar refractivity (Wildman–Crippen MR) is 59.0 cm³/mol. The molecule has 1 aromatic rings. The van der Waals surface area contributed by atoms with Crippen molar-refractivity contribution >= 4 is 10.0 Å². The van der Waals surface area contributed by atoms with E-state index in [4.69, 9.17) is 0 Å². The van der Waals surface area contributed by atoms with Crippen LogP contribution in [0.5, 0.6) is 0 Å². The molecule has 0 amide bonds. The van der Waals surface area contributed by atoms with Gasteiger partial charge in [-0.15, -0.1) is 0 Å². The van der Waals surface area contributed by atoms with E-state index in [1.165, 1.54) is 22.5 Å². The van der Waals surface area contributed by atoms with Crippen molar-refractivity contribution in [2.75, 3.05) is 13.1 Å². The van der Waals surface area contributed by atoms with Gasteiger partial charge in [0.1, 0.15) is 5.82 Å². The Hall–Kier alpha value is -0.940. The fraction of sp³-hybridized carbons (Fsp3) is 0.455. The van der Waals surface area contributed by atoms with E-state index in [2.05, 4.69) is 0 Å². The first kappa shape index (κ1) is 11.5. The molecule has 1 aliphatic rings. The van der Waals surface area contributed by atoms with Gasteiger partial charge in [-0.2, -0.15) is 4.31 Å². The van der Waals surface area contributed by atoms with E-state index in [1.807, 2.05) is 0 Å². The summed E-state index contributed by atoms with van der Waals surface area (Å²) in [7, 11) is -3.49. The molecule has 1 aromatic carbocycles. The molecule has 1 heterocycles. The predicted octanol–water partition coefficient (Wildman–Crippen LogP) is 2.00. The molecule has 0 aliphatic carbocycles. The molecular formula is C11H14FNO2S. The van der Waals surface area contributed by atoms with E-state index in [-0.39, 0.29) is 4.90 Å². The maximum Gasteiger partial charge on any atom is 0.243 e. The third kappa shape index (κ3) is 2.25. The van der Waals surface area contributed by atoms with Crippen LogP contribution in [0, 0.1) is 5.82 Å². The summed E-state index contributed by atoms with van der Waals surface area (Å²) in [6.45, 7) is 1.08. The minimum atomic E-state index is -3.49. The lowest BCUT2D eigenvalue weighted by atomic mass is 10.2. The molecule has 0 spiro atoms. The zero-order valence-corrected chi connectivity index (χ0v) is 9.71. The average Bonchev–Trinajstić information content (AvgIpc) is 2.30. The lowest BCUT2D eigenvalue weighted by molar-refractivity contribution is 0.346. The number of halogens is 1. The highest BCUT2D eigenvalue weighted by Crippen LogP contribution is 2.20. The summed E-state index contributed by atoms with van der Waals surface area (Å²) >= 11 is 0. The molecule has 0 saturated carbocycles. The van der Waals surface area contributed by atoms with Crippen LogP contribution in [-0.4, -0.2) is 25.8 Å². The van der Waals surface area contributed by atoms with Crippen molar-refractivity contribution in [1.82, 2.24) is 4.31 Å². The Morgan fingerprint density at radius 3 is 2.44 bits per heavy atom. The molecule has 1 fully saturated rings. The Balaban J connectivity index is 2.30. The first-order valence-electron chi connectivity index (χ1n) is 5.36. The number of rotatable bonds is 2. The zero-order valence-electron chi connectivity index (χ0n) is 8.89. The van der Waals surface area contributed by atoms with Crippen molar-refractivity contribution in [2.45, 2.75) is 24.2 Å². The van der Waals surface area contributed by atoms with Crippen molar-refractivity contribution in [3.8, 4) is 0 Å². The molecule has 88 valence electrons. The fourth-order valence-electron chi connectivity index (χ4n) is 1.88. The average molecular weight is 243 g/mol. The van der Waals surface area contributed by atoms with Crippen molar-refractivity contribution in [1.29, 1.82) is 0 Å². The van der Waals surface area contributed by atoms with Gasteiger partial charge in [0.15, 0.2) is 0 Å². The zero-order chi connectivity index (χ0) is 11.6. The van der Waals surface area contributed by atoms with Crippen molar-refractivity contribution < 1.29 is 12.8 Å². The standard InChI is InChI=1S/C11H14FNO2S/c12-10-5-4-6-11(9-10)16(14,15)13-7-2-1-3-8-13/h4-6,9H,1-3,7-8H2. The van der Waals surface area contributed by atoms with E-state index in [9.17, 15) is 12.8 Å². The molecule has 0 atom stereocenters. The molecule has 5 heteroatoms. The highest BCUT2D eigenvalue weighted by molar-refractivity contribution is 7.89. The normalized spacial score (nSPS) is 18.6. The number of piperidine rings is 1. The Bertz CT molecular complexity index is 467. The first-order valence-corrected chi connectivity index (χ1v) is 6.80. The molecule has 0 aromatic heterocycles. The van der Waals surface area contributed by atoms with Gasteiger partial charge in [0.2, 0.25) is 10.0 Å². The Morgan fingerprint density at radius 1 is 1.12 bits per heavy atom. The van der Waals surface area contributed by atoms with Gasteiger partial charge in [0, 0.05) is 13.1 Å². The third-order valence-corrected chi connectivity index (χ3v) is 4.64. The molecule has 0 bridgehead atoms. The fourth-order valence-corrected chi connectivity index (χ4v) is 3.43. The second-order valence-electron chi connectivity index (χ2n) is 3.92. The summed E-state index contributed by atoms with van der Waals surface area (Å²) in [6, 6.07) is 5.18. The number of hydrogen-bond donors (Lipinski definition) is 0. The van der Waals surface area contributed by atoms with Gasteiger partial charge in [-0.05, 0) is 31.0 Å². The summed E-state index contributed by atoms with van der Waals surface area (Å²) < 4.78 is 38.6. The Morgan fingerprint density at radius 2 is 1.81 bits per heavy atom. The van der Waals surface area contributed by atoms with Crippen LogP contribution in [0.3, 0.4) is 0 Å². The molecule has 16 heavy (non-hydrogen) atoms. The minimum Gasteiger partial charge on any atom is -0.207 e. The Kier molecular flexibility index (Phi) is 3.25. The van der Waals surface area contributed by atoms with E-state index in [0.29, 0.717) is 13.1 Å². The van der Waals surface area contributed by atoms with Crippen molar-refractivity contribution in [3.63, 3.8) is 0 Å². The summed E-state index contributed by atoms with van der Waals surface area (Å²) in [5, 5.41) is 0. The van der Waals surface area contributed by atoms with E-state index in [0.717, 1.165) is 25.3 Å². The SMILES string of the molecule is O=S(=O)(c1cccc(F)c1)N1CCCCC1. The monoisotopic (exact) mass is 243 g/mol. The number of benzene rings is 1. The maximum absolute atomic E-state index is 13.0. The van der Waals surface area contributed by atoms with Crippen LogP contribution in [0.2, 0.25) is 0 Å². The van der Waals surface area contributed by atoms with Gasteiger partial charge >= 0.3 is 0 Å². The van der Waals surface area contributed by atoms with Gasteiger partial charge in [0.25, 0.3) is 0 Å². The smallest absolute Gasteiger partial charge is 0.207 e. The summed E-state index contributed by atoms with van der Waals surface area (Å²) in [6.07, 6.45) is 2.83. The first-order chi connectivity index (χ1) is 7.60. The van der Waals surface area contributed by atoms with E-state index >= 15 is 0 Å². The molecule has 3 nitrogen and oxygen atoms in total. The van der Waals surface area contributed by atoms with Crippen LogP contribution < -0.4 is 0 Å². The molecule has 0 unspecified atom stereocenters. The van der Waals surface area contributed by atoms with E-state index in [1.54, 1.807) is 0 Å². The van der Waals surface area contributed by atoms with Crippen molar-refractivity contribution in [2.24, 2.45) is 0 Å². The van der Waals surface area contributed by atoms with Gasteiger partial charge in [0.05, 0.1) is 4.90 Å². The number of sulfonamides is 1. The quantitative estimate of drug-likeness (QED) is 0.796. The lowest BCUT2D eigenvalue weighted by Crippen LogP contribution is -2.35. The van der Waals surface area contributed by atoms with Crippen LogP contribution in [0.1, 0.15) is 19.3 Å². The van der Waals surface area contributed by atoms with Crippen molar-refractivity contribution in [3.05, 3.63) is 30.1 Å². The number of nitrogens with zero attached hydrogens (tertiary/aromatic N) is 1. The van der Waals surface area contributed by atoms with Gasteiger partial charge in [-0.1, -0.05) is 12.5 Å². The third-order valence-electron chi connectivity index (χ3n) is 2.75. The highest BCUT2D eigenvalue weighted by atomic mass is 32.2. The minimum absolute atomic E-state index is 0.0504. The van der Waals surface area contributed by atoms with Gasteiger partial charge < -0.3 is 0 Å². The molecule has 1 aliphatic heterocycles. The maximum atomic E-state index is 13.0. The summed E-state index contributed by atoms with van der Waals surface area (Å²) in [4.78, 5) is 0.0504. The molecule has 2 rings (SSSR count). The van der Waals surface area contributed by atoms with Crippen LogP contribution in [0.25, 0.3) is 0 Å². The topological polar surface area (TPSA) is 37.4 Å². The largest absolute Gasteiger partial charge is 0.243 e. The summed E-state index contributed by atoms with van der Waals surface area (Å²) in [5.74, 6) is -0.516. The molecular weight excluding hydrogens is 229 g/mol. The van der Waals surface area contributed by atoms with Crippen LogP contribution in [0.4, 0.5) is 4.39 Å². The lowest BCUT2D eigenvalue weighted by Gasteiger charge is -2.25. The molecule has 0 radical (unpaired) electrons. The summed E-state index contributed by atoms with van der Waals surface area (Å²) in [5.41, 5.74) is 0. The van der Waals surface area contributed by atoms with Gasteiger partial charge in [-0.25, -0.2) is 12.8 Å². The Labute approximate surface area is 94.9 Å². The highest BCUT2D eigenvalue weighted by Gasteiger charge is 2.25. The second kappa shape index (κ2) is 4.51. The van der Waals surface area contributed by atoms with Gasteiger partial charge in [-0.3, -0.25) is 0 Å². The van der Waals surface area contributed by atoms with Crippen LogP contribution in [0.15, 0.2) is 29.2 Å². The molecule has 1 saturated heterocycles. The van der Waals surface area contributed by atoms with Crippen LogP contribution in [-0.2, 0) is 10.0 Å². The second-order valence-corrected chi connectivity index (χ2v) is 5.86.